The molecule has 0 aliphatic carbocycles. The maximum absolute atomic E-state index is 11.7. The molecule has 0 saturated heterocycles. The largest absolute Gasteiger partial charge is 0.508 e. The maximum atomic E-state index is 11.7. The van der Waals surface area contributed by atoms with Gasteiger partial charge in [-0.2, -0.15) is 0 Å². The van der Waals surface area contributed by atoms with E-state index in [0.29, 0.717) is 12.2 Å². The summed E-state index contributed by atoms with van der Waals surface area (Å²) in [6.07, 6.45) is 0.683. The van der Waals surface area contributed by atoms with Gasteiger partial charge in [-0.15, -0.1) is 0 Å². The molecular weight excluding hydrogens is 264 g/mol. The van der Waals surface area contributed by atoms with E-state index < -0.39 is 0 Å². The average molecular weight is 284 g/mol. The third-order valence-electron chi connectivity index (χ3n) is 3.12. The SMILES string of the molecule is Cc1cc(Cc2cccc(O)c2)cc(OC(=O)C(C)C)c1. The van der Waals surface area contributed by atoms with Crippen LogP contribution in [0, 0.1) is 12.8 Å². The first-order valence-corrected chi connectivity index (χ1v) is 7.04. The molecule has 0 aromatic heterocycles. The summed E-state index contributed by atoms with van der Waals surface area (Å²) in [5.74, 6) is 0.444. The van der Waals surface area contributed by atoms with Crippen LogP contribution in [-0.4, -0.2) is 11.1 Å². The zero-order valence-electron chi connectivity index (χ0n) is 12.6. The molecule has 3 nitrogen and oxygen atoms in total. The van der Waals surface area contributed by atoms with Gasteiger partial charge in [0.25, 0.3) is 0 Å². The Morgan fingerprint density at radius 3 is 2.57 bits per heavy atom. The molecule has 2 aromatic carbocycles. The van der Waals surface area contributed by atoms with Gasteiger partial charge < -0.3 is 9.84 Å². The zero-order chi connectivity index (χ0) is 15.4. The first-order valence-electron chi connectivity index (χ1n) is 7.04. The van der Waals surface area contributed by atoms with Crippen molar-refractivity contribution in [2.24, 2.45) is 5.92 Å². The second kappa shape index (κ2) is 6.44. The number of ether oxygens (including phenoxy) is 1. The molecule has 0 atom stereocenters. The summed E-state index contributed by atoms with van der Waals surface area (Å²) < 4.78 is 5.37. The van der Waals surface area contributed by atoms with E-state index in [1.165, 1.54) is 0 Å². The Morgan fingerprint density at radius 1 is 1.14 bits per heavy atom. The number of phenols is 1. The van der Waals surface area contributed by atoms with Crippen LogP contribution in [-0.2, 0) is 11.2 Å². The van der Waals surface area contributed by atoms with E-state index in [1.807, 2.05) is 45.0 Å². The summed E-state index contributed by atoms with van der Waals surface area (Å²) in [5, 5.41) is 9.51. The van der Waals surface area contributed by atoms with E-state index in [2.05, 4.69) is 6.07 Å². The van der Waals surface area contributed by atoms with Gasteiger partial charge in [0, 0.05) is 0 Å². The van der Waals surface area contributed by atoms with Gasteiger partial charge in [0.05, 0.1) is 5.92 Å². The van der Waals surface area contributed by atoms with E-state index in [4.69, 9.17) is 4.74 Å². The smallest absolute Gasteiger partial charge is 0.313 e. The second-order valence-electron chi connectivity index (χ2n) is 5.58. The van der Waals surface area contributed by atoms with Crippen molar-refractivity contribution < 1.29 is 14.6 Å². The molecule has 0 amide bonds. The molecule has 0 aliphatic rings. The second-order valence-corrected chi connectivity index (χ2v) is 5.58. The molecule has 0 fully saturated rings. The maximum Gasteiger partial charge on any atom is 0.313 e. The lowest BCUT2D eigenvalue weighted by Gasteiger charge is -2.10. The number of phenolic OH excluding ortho intramolecular Hbond substituents is 1. The van der Waals surface area contributed by atoms with Crippen LogP contribution in [0.15, 0.2) is 42.5 Å². The van der Waals surface area contributed by atoms with Crippen molar-refractivity contribution >= 4 is 5.97 Å². The quantitative estimate of drug-likeness (QED) is 0.685. The monoisotopic (exact) mass is 284 g/mol. The van der Waals surface area contributed by atoms with Gasteiger partial charge in [-0.25, -0.2) is 0 Å². The van der Waals surface area contributed by atoms with Crippen LogP contribution in [0.3, 0.4) is 0 Å². The summed E-state index contributed by atoms with van der Waals surface area (Å²) in [5.41, 5.74) is 3.10. The summed E-state index contributed by atoms with van der Waals surface area (Å²) in [6, 6.07) is 12.9. The van der Waals surface area contributed by atoms with Crippen LogP contribution in [0.2, 0.25) is 0 Å². The van der Waals surface area contributed by atoms with E-state index in [9.17, 15) is 9.90 Å². The van der Waals surface area contributed by atoms with Gasteiger partial charge in [0.15, 0.2) is 0 Å². The zero-order valence-corrected chi connectivity index (χ0v) is 12.6. The number of benzene rings is 2. The Labute approximate surface area is 125 Å². The Hall–Kier alpha value is -2.29. The number of rotatable bonds is 4. The first kappa shape index (κ1) is 15.1. The Balaban J connectivity index is 2.20. The standard InChI is InChI=1S/C18H20O3/c1-12(2)18(20)21-17-8-13(3)7-15(11-17)9-14-5-4-6-16(19)10-14/h4-8,10-12,19H,9H2,1-3H3. The fourth-order valence-electron chi connectivity index (χ4n) is 2.12. The molecule has 0 unspecified atom stereocenters. The molecule has 2 rings (SSSR count). The molecular formula is C18H20O3. The van der Waals surface area contributed by atoms with Gasteiger partial charge in [-0.3, -0.25) is 4.79 Å². The molecule has 3 heteroatoms. The third-order valence-corrected chi connectivity index (χ3v) is 3.12. The Kier molecular flexibility index (Phi) is 4.63. The summed E-state index contributed by atoms with van der Waals surface area (Å²) in [4.78, 5) is 11.7. The van der Waals surface area contributed by atoms with Crippen LogP contribution in [0.5, 0.6) is 11.5 Å². The van der Waals surface area contributed by atoms with Crippen LogP contribution in [0.25, 0.3) is 0 Å². The lowest BCUT2D eigenvalue weighted by atomic mass is 10.0. The fraction of sp³-hybridized carbons (Fsp3) is 0.278. The molecule has 0 saturated carbocycles. The predicted molar refractivity (Wildman–Crippen MR) is 82.6 cm³/mol. The molecule has 0 heterocycles. The van der Waals surface area contributed by atoms with Crippen molar-refractivity contribution in [1.82, 2.24) is 0 Å². The van der Waals surface area contributed by atoms with Gasteiger partial charge in [0.2, 0.25) is 0 Å². The van der Waals surface area contributed by atoms with Gasteiger partial charge in [0.1, 0.15) is 11.5 Å². The van der Waals surface area contributed by atoms with Crippen LogP contribution < -0.4 is 4.74 Å². The Bertz CT molecular complexity index is 645. The summed E-state index contributed by atoms with van der Waals surface area (Å²) >= 11 is 0. The van der Waals surface area contributed by atoms with Crippen molar-refractivity contribution in [2.45, 2.75) is 27.2 Å². The number of hydrogen-bond donors (Lipinski definition) is 1. The molecule has 110 valence electrons. The van der Waals surface area contributed by atoms with Crippen molar-refractivity contribution in [3.05, 3.63) is 59.2 Å². The van der Waals surface area contributed by atoms with Crippen LogP contribution >= 0.6 is 0 Å². The minimum absolute atomic E-state index is 0.153. The molecule has 0 aliphatic heterocycles. The molecule has 2 aromatic rings. The number of aryl methyl sites for hydroxylation is 1. The van der Waals surface area contributed by atoms with E-state index in [1.54, 1.807) is 12.1 Å². The van der Waals surface area contributed by atoms with Crippen LogP contribution in [0.1, 0.15) is 30.5 Å². The predicted octanol–water partition coefficient (Wildman–Crippen LogP) is 3.85. The lowest BCUT2D eigenvalue weighted by Crippen LogP contribution is -2.14. The van der Waals surface area contributed by atoms with E-state index >= 15 is 0 Å². The topological polar surface area (TPSA) is 46.5 Å². The molecule has 1 N–H and O–H groups in total. The molecule has 0 radical (unpaired) electrons. The highest BCUT2D eigenvalue weighted by molar-refractivity contribution is 5.74. The average Bonchev–Trinajstić information content (AvgIpc) is 2.37. The van der Waals surface area contributed by atoms with Gasteiger partial charge in [-0.05, 0) is 54.3 Å². The first-order chi connectivity index (χ1) is 9.94. The van der Waals surface area contributed by atoms with Crippen molar-refractivity contribution in [3.8, 4) is 11.5 Å². The normalized spacial score (nSPS) is 10.7. The van der Waals surface area contributed by atoms with E-state index in [-0.39, 0.29) is 17.6 Å². The van der Waals surface area contributed by atoms with Crippen LogP contribution in [0.4, 0.5) is 0 Å². The number of carbonyl (C=O) groups is 1. The fourth-order valence-corrected chi connectivity index (χ4v) is 2.12. The number of aromatic hydroxyl groups is 1. The molecule has 0 bridgehead atoms. The lowest BCUT2D eigenvalue weighted by molar-refractivity contribution is -0.137. The minimum atomic E-state index is -0.232. The van der Waals surface area contributed by atoms with Crippen molar-refractivity contribution in [1.29, 1.82) is 0 Å². The van der Waals surface area contributed by atoms with Crippen molar-refractivity contribution in [3.63, 3.8) is 0 Å². The van der Waals surface area contributed by atoms with Gasteiger partial charge >= 0.3 is 5.97 Å². The van der Waals surface area contributed by atoms with Crippen molar-refractivity contribution in [2.75, 3.05) is 0 Å². The third kappa shape index (κ3) is 4.35. The summed E-state index contributed by atoms with van der Waals surface area (Å²) in [6.45, 7) is 5.59. The summed E-state index contributed by atoms with van der Waals surface area (Å²) in [7, 11) is 0. The number of carbonyl (C=O) groups excluding carboxylic acids is 1. The number of hydrogen-bond acceptors (Lipinski definition) is 3. The minimum Gasteiger partial charge on any atom is -0.508 e. The molecule has 21 heavy (non-hydrogen) atoms. The van der Waals surface area contributed by atoms with Gasteiger partial charge in [-0.1, -0.05) is 32.0 Å². The highest BCUT2D eigenvalue weighted by Crippen LogP contribution is 2.21. The number of esters is 1. The highest BCUT2D eigenvalue weighted by Gasteiger charge is 2.10. The van der Waals surface area contributed by atoms with E-state index in [0.717, 1.165) is 16.7 Å². The highest BCUT2D eigenvalue weighted by atomic mass is 16.5. The Morgan fingerprint density at radius 2 is 1.90 bits per heavy atom. The molecule has 0 spiro atoms.